The number of likely N-dealkylation sites (tertiary alicyclic amines) is 1. The van der Waals surface area contributed by atoms with Crippen molar-refractivity contribution >= 4 is 0 Å². The van der Waals surface area contributed by atoms with Crippen LogP contribution in [0.1, 0.15) is 42.9 Å². The molecule has 1 unspecified atom stereocenters. The summed E-state index contributed by atoms with van der Waals surface area (Å²) in [6.45, 7) is 17.1. The Morgan fingerprint density at radius 1 is 1.21 bits per heavy atom. The van der Waals surface area contributed by atoms with Crippen molar-refractivity contribution in [3.63, 3.8) is 0 Å². The Hall–Kier alpha value is -3.18. The van der Waals surface area contributed by atoms with Crippen molar-refractivity contribution in [2.24, 2.45) is 0 Å². The van der Waals surface area contributed by atoms with Gasteiger partial charge in [-0.2, -0.15) is 5.10 Å². The maximum absolute atomic E-state index is 12.9. The van der Waals surface area contributed by atoms with E-state index in [0.717, 1.165) is 35.5 Å². The lowest BCUT2D eigenvalue weighted by Crippen LogP contribution is -2.33. The van der Waals surface area contributed by atoms with Crippen molar-refractivity contribution in [1.82, 2.24) is 20.4 Å². The van der Waals surface area contributed by atoms with Crippen molar-refractivity contribution < 1.29 is 4.39 Å². The molecular formula is C29H39FN4. The molecule has 0 spiro atoms. The van der Waals surface area contributed by atoms with Gasteiger partial charge in [0.1, 0.15) is 5.82 Å². The Morgan fingerprint density at radius 3 is 2.50 bits per heavy atom. The molecule has 1 aliphatic heterocycles. The van der Waals surface area contributed by atoms with E-state index in [-0.39, 0.29) is 5.82 Å². The van der Waals surface area contributed by atoms with Gasteiger partial charge in [0.25, 0.3) is 0 Å². The van der Waals surface area contributed by atoms with Gasteiger partial charge in [0.2, 0.25) is 0 Å². The number of nitrogens with zero attached hydrogens (tertiary/aromatic N) is 2. The first kappa shape index (κ1) is 27.1. The molecule has 4 nitrogen and oxygen atoms in total. The second-order valence-corrected chi connectivity index (χ2v) is 8.57. The molecule has 1 saturated carbocycles. The van der Waals surface area contributed by atoms with Gasteiger partial charge in [-0.3, -0.25) is 10.00 Å². The molecule has 1 aromatic carbocycles. The van der Waals surface area contributed by atoms with Gasteiger partial charge in [0, 0.05) is 36.6 Å². The van der Waals surface area contributed by atoms with Crippen molar-refractivity contribution in [2.75, 3.05) is 20.1 Å². The van der Waals surface area contributed by atoms with Crippen LogP contribution in [0.4, 0.5) is 4.39 Å². The van der Waals surface area contributed by atoms with E-state index >= 15 is 0 Å². The molecule has 182 valence electrons. The lowest BCUT2D eigenvalue weighted by atomic mass is 10.1. The maximum atomic E-state index is 12.9. The van der Waals surface area contributed by atoms with E-state index in [1.165, 1.54) is 38.3 Å². The smallest absolute Gasteiger partial charge is 0.126 e. The van der Waals surface area contributed by atoms with Crippen LogP contribution in [0.3, 0.4) is 0 Å². The average molecular weight is 463 g/mol. The largest absolute Gasteiger partial charge is 0.383 e. The molecule has 4 rings (SSSR count). The van der Waals surface area contributed by atoms with E-state index < -0.39 is 0 Å². The molecule has 34 heavy (non-hydrogen) atoms. The lowest BCUT2D eigenvalue weighted by molar-refractivity contribution is 0.335. The fraction of sp³-hybridized carbons (Fsp3) is 0.345. The molecule has 0 radical (unpaired) electrons. The zero-order chi connectivity index (χ0) is 24.8. The van der Waals surface area contributed by atoms with Crippen LogP contribution in [0.5, 0.6) is 0 Å². The number of aromatic nitrogens is 2. The number of nitrogens with one attached hydrogen (secondary N) is 2. The third kappa shape index (κ3) is 9.36. The predicted molar refractivity (Wildman–Crippen MR) is 142 cm³/mol. The minimum atomic E-state index is -0.0370. The molecule has 1 atom stereocenters. The summed E-state index contributed by atoms with van der Waals surface area (Å²) in [7, 11) is 2.15. The Morgan fingerprint density at radius 2 is 1.97 bits per heavy atom. The molecule has 0 bridgehead atoms. The van der Waals surface area contributed by atoms with E-state index in [9.17, 15) is 4.39 Å². The van der Waals surface area contributed by atoms with Crippen LogP contribution in [0.15, 0.2) is 98.4 Å². The number of allylic oxidation sites excluding steroid dienone is 3. The van der Waals surface area contributed by atoms with Gasteiger partial charge in [0.15, 0.2) is 0 Å². The highest BCUT2D eigenvalue weighted by Gasteiger charge is 2.25. The molecule has 0 amide bonds. The van der Waals surface area contributed by atoms with Crippen molar-refractivity contribution in [3.8, 4) is 0 Å². The summed E-state index contributed by atoms with van der Waals surface area (Å²) in [4.78, 5) is 2.35. The Labute approximate surface area is 204 Å². The molecular weight excluding hydrogens is 423 g/mol. The van der Waals surface area contributed by atoms with E-state index in [4.69, 9.17) is 0 Å². The van der Waals surface area contributed by atoms with Crippen LogP contribution >= 0.6 is 0 Å². The van der Waals surface area contributed by atoms with Crippen LogP contribution in [0.25, 0.3) is 0 Å². The summed E-state index contributed by atoms with van der Waals surface area (Å²) in [6.07, 6.45) is 14.8. The monoisotopic (exact) mass is 462 g/mol. The number of rotatable bonds is 9. The predicted octanol–water partition coefficient (Wildman–Crippen LogP) is 6.32. The number of benzene rings is 1. The summed E-state index contributed by atoms with van der Waals surface area (Å²) in [5.41, 5.74) is 4.26. The SMILES string of the molecule is C=C/C=C(\C=C)CNC(=C)C1CCCN1C.C=CCc1ccn[nH]1.Fc1ccccc1C1CC1. The van der Waals surface area contributed by atoms with Crippen molar-refractivity contribution in [1.29, 1.82) is 0 Å². The molecule has 2 aromatic rings. The van der Waals surface area contributed by atoms with E-state index in [0.29, 0.717) is 12.0 Å². The molecule has 2 fully saturated rings. The maximum Gasteiger partial charge on any atom is 0.126 e. The van der Waals surface area contributed by atoms with Crippen molar-refractivity contribution in [3.05, 3.63) is 115 Å². The Balaban J connectivity index is 0.000000193. The summed E-state index contributed by atoms with van der Waals surface area (Å²) in [5, 5.41) is 9.95. The molecule has 2 N–H and O–H groups in total. The zero-order valence-corrected chi connectivity index (χ0v) is 20.5. The van der Waals surface area contributed by atoms with E-state index in [1.807, 2.05) is 36.4 Å². The van der Waals surface area contributed by atoms with Gasteiger partial charge in [0.05, 0.1) is 0 Å². The first-order valence-electron chi connectivity index (χ1n) is 11.9. The Kier molecular flexibility index (Phi) is 11.8. The standard InChI is InChI=1S/C14H22N2.C9H9F.C6H8N2/c1-5-8-13(6-2)11-15-12(3)14-9-7-10-16(14)4;10-9-4-2-1-3-8(9)7-5-6-7;1-2-3-6-4-5-7-8-6/h5-6,8,14-15H,1-3,7,9-11H2,4H3;1-4,7H,5-6H2;2,4-5H,1,3H2,(H,7,8)/b13-8+;;. The topological polar surface area (TPSA) is 44.0 Å². The summed E-state index contributed by atoms with van der Waals surface area (Å²) < 4.78 is 12.9. The minimum absolute atomic E-state index is 0.0370. The zero-order valence-electron chi connectivity index (χ0n) is 20.5. The molecule has 1 aliphatic carbocycles. The van der Waals surface area contributed by atoms with Gasteiger partial charge in [-0.05, 0) is 68.5 Å². The number of hydrogen-bond acceptors (Lipinski definition) is 3. The third-order valence-corrected chi connectivity index (χ3v) is 5.88. The van der Waals surface area contributed by atoms with E-state index in [1.54, 1.807) is 18.3 Å². The van der Waals surface area contributed by atoms with E-state index in [2.05, 4.69) is 53.8 Å². The first-order chi connectivity index (χ1) is 16.5. The molecule has 2 aliphatic rings. The van der Waals surface area contributed by atoms with Crippen LogP contribution in [-0.2, 0) is 6.42 Å². The Bertz CT molecular complexity index is 941. The quantitative estimate of drug-likeness (QED) is 0.338. The molecule has 5 heteroatoms. The van der Waals surface area contributed by atoms with Gasteiger partial charge in [-0.15, -0.1) is 6.58 Å². The first-order valence-corrected chi connectivity index (χ1v) is 11.9. The average Bonchev–Trinajstić information content (AvgIpc) is 3.38. The van der Waals surface area contributed by atoms with Crippen LogP contribution in [-0.4, -0.2) is 41.3 Å². The summed E-state index contributed by atoms with van der Waals surface area (Å²) >= 11 is 0. The number of aromatic amines is 1. The summed E-state index contributed by atoms with van der Waals surface area (Å²) in [5.74, 6) is 0.492. The lowest BCUT2D eigenvalue weighted by Gasteiger charge is -2.23. The number of hydrogen-bond donors (Lipinski definition) is 2. The molecule has 2 heterocycles. The minimum Gasteiger partial charge on any atom is -0.383 e. The van der Waals surface area contributed by atoms with Gasteiger partial charge in [-0.25, -0.2) is 4.39 Å². The number of likely N-dealkylation sites (N-methyl/N-ethyl adjacent to an activating group) is 1. The van der Waals surface area contributed by atoms with Gasteiger partial charge < -0.3 is 5.32 Å². The third-order valence-electron chi connectivity index (χ3n) is 5.88. The highest BCUT2D eigenvalue weighted by molar-refractivity contribution is 5.25. The highest BCUT2D eigenvalue weighted by Crippen LogP contribution is 2.40. The molecule has 1 aromatic heterocycles. The highest BCUT2D eigenvalue weighted by atomic mass is 19.1. The second-order valence-electron chi connectivity index (χ2n) is 8.57. The fourth-order valence-electron chi connectivity index (χ4n) is 3.79. The van der Waals surface area contributed by atoms with Crippen molar-refractivity contribution in [2.45, 2.75) is 44.1 Å². The normalized spacial score (nSPS) is 17.5. The van der Waals surface area contributed by atoms with Gasteiger partial charge in [-0.1, -0.05) is 62.2 Å². The fourth-order valence-corrected chi connectivity index (χ4v) is 3.79. The molecule has 1 saturated heterocycles. The summed E-state index contributed by atoms with van der Waals surface area (Å²) in [6, 6.07) is 9.47. The van der Waals surface area contributed by atoms with Gasteiger partial charge >= 0.3 is 0 Å². The van der Waals surface area contributed by atoms with Crippen LogP contribution in [0, 0.1) is 5.82 Å². The van der Waals surface area contributed by atoms with Crippen LogP contribution < -0.4 is 5.32 Å². The second kappa shape index (κ2) is 14.9. The van der Waals surface area contributed by atoms with Crippen LogP contribution in [0.2, 0.25) is 0 Å². The number of halogens is 1. The number of H-pyrrole nitrogens is 1.